The van der Waals surface area contributed by atoms with Crippen molar-refractivity contribution in [2.75, 3.05) is 19.5 Å². The summed E-state index contributed by atoms with van der Waals surface area (Å²) in [6, 6.07) is 9.60. The SMILES string of the molecule is COc1ccc(NC(=O)CC(C)NC(C)c2ccc(F)c(Cl)c2)c(OC)c1. The second-order valence-electron chi connectivity index (χ2n) is 6.28. The number of hydrogen-bond acceptors (Lipinski definition) is 4. The number of anilines is 1. The Morgan fingerprint density at radius 2 is 1.89 bits per heavy atom. The fourth-order valence-electron chi connectivity index (χ4n) is 2.74. The number of halogens is 2. The highest BCUT2D eigenvalue weighted by molar-refractivity contribution is 6.30. The molecule has 146 valence electrons. The van der Waals surface area contributed by atoms with Crippen molar-refractivity contribution in [3.8, 4) is 11.5 Å². The summed E-state index contributed by atoms with van der Waals surface area (Å²) in [7, 11) is 3.10. The molecule has 0 spiro atoms. The van der Waals surface area contributed by atoms with Crippen molar-refractivity contribution >= 4 is 23.2 Å². The molecule has 0 saturated heterocycles. The van der Waals surface area contributed by atoms with E-state index in [1.807, 2.05) is 13.8 Å². The van der Waals surface area contributed by atoms with Crippen molar-refractivity contribution < 1.29 is 18.7 Å². The van der Waals surface area contributed by atoms with E-state index in [2.05, 4.69) is 10.6 Å². The predicted octanol–water partition coefficient (Wildman–Crippen LogP) is 4.56. The summed E-state index contributed by atoms with van der Waals surface area (Å²) in [4.78, 5) is 12.4. The molecular formula is C20H24ClFN2O3. The third-order valence-electron chi connectivity index (χ3n) is 4.15. The van der Waals surface area contributed by atoms with Crippen molar-refractivity contribution in [3.05, 3.63) is 52.8 Å². The molecule has 0 bridgehead atoms. The second kappa shape index (κ2) is 9.58. The van der Waals surface area contributed by atoms with Gasteiger partial charge in [0.15, 0.2) is 0 Å². The molecule has 0 fully saturated rings. The standard InChI is InChI=1S/C20H24ClFN2O3/c1-12(23-13(2)14-5-7-17(22)16(21)10-14)9-20(25)24-18-8-6-15(26-3)11-19(18)27-4/h5-8,10-13,23H,9H2,1-4H3,(H,24,25). The Morgan fingerprint density at radius 1 is 1.15 bits per heavy atom. The summed E-state index contributed by atoms with van der Waals surface area (Å²) in [5.41, 5.74) is 1.43. The Morgan fingerprint density at radius 3 is 2.52 bits per heavy atom. The topological polar surface area (TPSA) is 59.6 Å². The van der Waals surface area contributed by atoms with Crippen LogP contribution in [0.4, 0.5) is 10.1 Å². The summed E-state index contributed by atoms with van der Waals surface area (Å²) in [6.07, 6.45) is 0.258. The second-order valence-corrected chi connectivity index (χ2v) is 6.69. The Labute approximate surface area is 163 Å². The van der Waals surface area contributed by atoms with Gasteiger partial charge in [-0.25, -0.2) is 4.39 Å². The van der Waals surface area contributed by atoms with E-state index in [-0.39, 0.29) is 29.4 Å². The maximum absolute atomic E-state index is 13.3. The van der Waals surface area contributed by atoms with E-state index in [0.29, 0.717) is 17.2 Å². The molecule has 1 amide bonds. The molecule has 0 aliphatic carbocycles. The molecule has 2 N–H and O–H groups in total. The molecular weight excluding hydrogens is 371 g/mol. The highest BCUT2D eigenvalue weighted by atomic mass is 35.5. The van der Waals surface area contributed by atoms with Crippen molar-refractivity contribution in [2.45, 2.75) is 32.4 Å². The van der Waals surface area contributed by atoms with Gasteiger partial charge in [0.2, 0.25) is 5.91 Å². The molecule has 0 aliphatic rings. The molecule has 5 nitrogen and oxygen atoms in total. The van der Waals surface area contributed by atoms with Gasteiger partial charge < -0.3 is 20.1 Å². The fourth-order valence-corrected chi connectivity index (χ4v) is 2.93. The van der Waals surface area contributed by atoms with Crippen LogP contribution < -0.4 is 20.1 Å². The van der Waals surface area contributed by atoms with Crippen LogP contribution in [0.1, 0.15) is 31.9 Å². The van der Waals surface area contributed by atoms with Crippen molar-refractivity contribution in [3.63, 3.8) is 0 Å². The monoisotopic (exact) mass is 394 g/mol. The van der Waals surface area contributed by atoms with Gasteiger partial charge in [-0.05, 0) is 43.7 Å². The number of carbonyl (C=O) groups is 1. The van der Waals surface area contributed by atoms with Gasteiger partial charge in [0.25, 0.3) is 0 Å². The van der Waals surface area contributed by atoms with Crippen LogP contribution >= 0.6 is 11.6 Å². The molecule has 2 aromatic carbocycles. The van der Waals surface area contributed by atoms with E-state index in [1.165, 1.54) is 13.2 Å². The van der Waals surface area contributed by atoms with E-state index in [4.69, 9.17) is 21.1 Å². The molecule has 0 heterocycles. The quantitative estimate of drug-likeness (QED) is 0.688. The highest BCUT2D eigenvalue weighted by Gasteiger charge is 2.15. The number of rotatable bonds is 8. The van der Waals surface area contributed by atoms with Gasteiger partial charge >= 0.3 is 0 Å². The number of nitrogens with one attached hydrogen (secondary N) is 2. The summed E-state index contributed by atoms with van der Waals surface area (Å²) in [5, 5.41) is 6.24. The van der Waals surface area contributed by atoms with Crippen LogP contribution in [0.3, 0.4) is 0 Å². The molecule has 27 heavy (non-hydrogen) atoms. The zero-order valence-corrected chi connectivity index (χ0v) is 16.6. The molecule has 2 aromatic rings. The predicted molar refractivity (Wildman–Crippen MR) is 105 cm³/mol. The molecule has 7 heteroatoms. The molecule has 2 rings (SSSR count). The number of benzene rings is 2. The number of hydrogen-bond donors (Lipinski definition) is 2. The van der Waals surface area contributed by atoms with Gasteiger partial charge in [0.05, 0.1) is 24.9 Å². The van der Waals surface area contributed by atoms with Crippen LogP contribution in [0.15, 0.2) is 36.4 Å². The molecule has 0 radical (unpaired) electrons. The van der Waals surface area contributed by atoms with Crippen molar-refractivity contribution in [2.24, 2.45) is 0 Å². The largest absolute Gasteiger partial charge is 0.497 e. The first kappa shape index (κ1) is 21.0. The van der Waals surface area contributed by atoms with E-state index >= 15 is 0 Å². The van der Waals surface area contributed by atoms with Crippen molar-refractivity contribution in [1.82, 2.24) is 5.32 Å². The summed E-state index contributed by atoms with van der Waals surface area (Å²) in [5.74, 6) is 0.570. The molecule has 0 aliphatic heterocycles. The Bertz CT molecular complexity index is 801. The minimum absolute atomic E-state index is 0.0816. The number of ether oxygens (including phenoxy) is 2. The average Bonchev–Trinajstić information content (AvgIpc) is 2.63. The zero-order valence-electron chi connectivity index (χ0n) is 15.8. The minimum atomic E-state index is -0.450. The van der Waals surface area contributed by atoms with E-state index in [1.54, 1.807) is 37.4 Å². The molecule has 2 atom stereocenters. The maximum atomic E-state index is 13.3. The van der Waals surface area contributed by atoms with Gasteiger partial charge in [-0.15, -0.1) is 0 Å². The van der Waals surface area contributed by atoms with Crippen LogP contribution in [0.5, 0.6) is 11.5 Å². The Kier molecular flexibility index (Phi) is 7.45. The van der Waals surface area contributed by atoms with Gasteiger partial charge in [-0.3, -0.25) is 4.79 Å². The first-order chi connectivity index (χ1) is 12.8. The lowest BCUT2D eigenvalue weighted by atomic mass is 10.1. The molecule has 0 aromatic heterocycles. The van der Waals surface area contributed by atoms with E-state index in [9.17, 15) is 9.18 Å². The van der Waals surface area contributed by atoms with Gasteiger partial charge in [0.1, 0.15) is 17.3 Å². The first-order valence-electron chi connectivity index (χ1n) is 8.57. The van der Waals surface area contributed by atoms with Gasteiger partial charge in [0, 0.05) is 24.6 Å². The van der Waals surface area contributed by atoms with Crippen LogP contribution in [0.2, 0.25) is 5.02 Å². The lowest BCUT2D eigenvalue weighted by Crippen LogP contribution is -2.32. The average molecular weight is 395 g/mol. The van der Waals surface area contributed by atoms with Crippen LogP contribution in [0.25, 0.3) is 0 Å². The third-order valence-corrected chi connectivity index (χ3v) is 4.44. The molecule has 2 unspecified atom stereocenters. The fraction of sp³-hybridized carbons (Fsp3) is 0.350. The highest BCUT2D eigenvalue weighted by Crippen LogP contribution is 2.29. The van der Waals surface area contributed by atoms with Crippen LogP contribution in [0, 0.1) is 5.82 Å². The lowest BCUT2D eigenvalue weighted by Gasteiger charge is -2.20. The van der Waals surface area contributed by atoms with E-state index in [0.717, 1.165) is 5.56 Å². The molecule has 0 saturated carbocycles. The smallest absolute Gasteiger partial charge is 0.226 e. The summed E-state index contributed by atoms with van der Waals surface area (Å²) >= 11 is 5.83. The zero-order chi connectivity index (χ0) is 20.0. The van der Waals surface area contributed by atoms with Crippen molar-refractivity contribution in [1.29, 1.82) is 0 Å². The lowest BCUT2D eigenvalue weighted by molar-refractivity contribution is -0.116. The number of amides is 1. The normalized spacial score (nSPS) is 13.0. The third kappa shape index (κ3) is 5.84. The Hall–Kier alpha value is -2.31. The number of carbonyl (C=O) groups excluding carboxylic acids is 1. The summed E-state index contributed by atoms with van der Waals surface area (Å²) < 4.78 is 23.7. The maximum Gasteiger partial charge on any atom is 0.226 e. The van der Waals surface area contributed by atoms with Gasteiger partial charge in [-0.1, -0.05) is 17.7 Å². The van der Waals surface area contributed by atoms with Crippen LogP contribution in [-0.4, -0.2) is 26.2 Å². The van der Waals surface area contributed by atoms with E-state index < -0.39 is 5.82 Å². The first-order valence-corrected chi connectivity index (χ1v) is 8.94. The minimum Gasteiger partial charge on any atom is -0.497 e. The van der Waals surface area contributed by atoms with Gasteiger partial charge in [-0.2, -0.15) is 0 Å². The number of methoxy groups -OCH3 is 2. The van der Waals surface area contributed by atoms with Crippen LogP contribution in [-0.2, 0) is 4.79 Å². The summed E-state index contributed by atoms with van der Waals surface area (Å²) in [6.45, 7) is 3.84. The Balaban J connectivity index is 1.94.